The molecule has 0 N–H and O–H groups in total. The number of likely N-dealkylation sites (tertiary alicyclic amines) is 2. The van der Waals surface area contributed by atoms with Crippen molar-refractivity contribution >= 4 is 34.2 Å². The summed E-state index contributed by atoms with van der Waals surface area (Å²) in [6, 6.07) is 0. The van der Waals surface area contributed by atoms with E-state index in [1.54, 1.807) is 11.8 Å². The number of amides is 1. The van der Waals surface area contributed by atoms with Crippen LogP contribution in [0, 0.1) is 0 Å². The average Bonchev–Trinajstić information content (AvgIpc) is 3.00. The molecular weight excluding hydrogens is 252 g/mol. The summed E-state index contributed by atoms with van der Waals surface area (Å²) in [5.41, 5.74) is 0. The van der Waals surface area contributed by atoms with Crippen molar-refractivity contribution in [1.29, 1.82) is 0 Å². The third kappa shape index (κ3) is 3.35. The predicted molar refractivity (Wildman–Crippen MR) is 76.3 cm³/mol. The van der Waals surface area contributed by atoms with Crippen molar-refractivity contribution in [3.05, 3.63) is 0 Å². The quantitative estimate of drug-likeness (QED) is 0.718. The Morgan fingerprint density at radius 2 is 1.53 bits per heavy atom. The molecule has 2 heterocycles. The number of thiocarbonyl (C=S) groups is 1. The zero-order valence-electron chi connectivity index (χ0n) is 10.4. The summed E-state index contributed by atoms with van der Waals surface area (Å²) >= 11 is 6.96. The highest BCUT2D eigenvalue weighted by atomic mass is 32.2. The van der Waals surface area contributed by atoms with Crippen LogP contribution in [-0.2, 0) is 4.79 Å². The van der Waals surface area contributed by atoms with Crippen molar-refractivity contribution in [3.63, 3.8) is 0 Å². The smallest absolute Gasteiger partial charge is 0.235 e. The van der Waals surface area contributed by atoms with Crippen molar-refractivity contribution < 1.29 is 4.79 Å². The second kappa shape index (κ2) is 6.05. The Morgan fingerprint density at radius 3 is 2.06 bits per heavy atom. The molecule has 5 heteroatoms. The van der Waals surface area contributed by atoms with E-state index in [-0.39, 0.29) is 11.2 Å². The molecular formula is C12H20N2OS2. The molecule has 0 spiro atoms. The lowest BCUT2D eigenvalue weighted by molar-refractivity contribution is -0.129. The topological polar surface area (TPSA) is 23.6 Å². The highest BCUT2D eigenvalue weighted by Gasteiger charge is 2.26. The van der Waals surface area contributed by atoms with E-state index in [1.807, 2.05) is 11.8 Å². The minimum atomic E-state index is -0.0267. The van der Waals surface area contributed by atoms with Gasteiger partial charge in [-0.3, -0.25) is 4.79 Å². The maximum absolute atomic E-state index is 12.1. The van der Waals surface area contributed by atoms with Gasteiger partial charge in [0.25, 0.3) is 0 Å². The summed E-state index contributed by atoms with van der Waals surface area (Å²) in [7, 11) is 0. The zero-order valence-corrected chi connectivity index (χ0v) is 12.0. The van der Waals surface area contributed by atoms with Crippen LogP contribution in [-0.4, -0.2) is 51.5 Å². The van der Waals surface area contributed by atoms with Gasteiger partial charge in [-0.25, -0.2) is 0 Å². The monoisotopic (exact) mass is 272 g/mol. The fraction of sp³-hybridized carbons (Fsp3) is 0.833. The first-order chi connectivity index (χ1) is 8.18. The van der Waals surface area contributed by atoms with Crippen molar-refractivity contribution in [3.8, 4) is 0 Å². The Bertz CT molecular complexity index is 297. The van der Waals surface area contributed by atoms with Gasteiger partial charge in [0, 0.05) is 26.2 Å². The second-order valence-electron chi connectivity index (χ2n) is 4.75. The standard InChI is InChI=1S/C12H20N2OS2/c1-10(11(15)13-6-2-3-7-13)17-12(16)14-8-4-5-9-14/h10H,2-9H2,1H3. The number of carbonyl (C=O) groups is 1. The van der Waals surface area contributed by atoms with Crippen LogP contribution < -0.4 is 0 Å². The van der Waals surface area contributed by atoms with E-state index in [0.717, 1.165) is 43.3 Å². The van der Waals surface area contributed by atoms with Gasteiger partial charge in [-0.2, -0.15) is 0 Å². The lowest BCUT2D eigenvalue weighted by atomic mass is 10.4. The summed E-state index contributed by atoms with van der Waals surface area (Å²) in [5, 5.41) is -0.0267. The first-order valence-corrected chi connectivity index (χ1v) is 7.71. The molecule has 0 saturated carbocycles. The van der Waals surface area contributed by atoms with E-state index in [9.17, 15) is 4.79 Å². The van der Waals surface area contributed by atoms with Crippen LogP contribution in [0.15, 0.2) is 0 Å². The van der Waals surface area contributed by atoms with Gasteiger partial charge in [0.05, 0.1) is 5.25 Å². The first-order valence-electron chi connectivity index (χ1n) is 6.43. The number of hydrogen-bond donors (Lipinski definition) is 0. The number of rotatable bonds is 2. The van der Waals surface area contributed by atoms with Gasteiger partial charge >= 0.3 is 0 Å². The van der Waals surface area contributed by atoms with Crippen molar-refractivity contribution in [2.75, 3.05) is 26.2 Å². The molecule has 3 nitrogen and oxygen atoms in total. The molecule has 0 bridgehead atoms. The molecule has 2 rings (SSSR count). The summed E-state index contributed by atoms with van der Waals surface area (Å²) in [4.78, 5) is 16.3. The molecule has 17 heavy (non-hydrogen) atoms. The van der Waals surface area contributed by atoms with Gasteiger partial charge in [0.1, 0.15) is 4.32 Å². The Hall–Kier alpha value is -0.290. The van der Waals surface area contributed by atoms with Crippen molar-refractivity contribution in [2.24, 2.45) is 0 Å². The van der Waals surface area contributed by atoms with E-state index >= 15 is 0 Å². The van der Waals surface area contributed by atoms with Crippen LogP contribution in [0.2, 0.25) is 0 Å². The molecule has 0 aromatic rings. The first kappa shape index (κ1) is 13.1. The molecule has 0 aliphatic carbocycles. The summed E-state index contributed by atoms with van der Waals surface area (Å²) < 4.78 is 0.905. The molecule has 0 aromatic carbocycles. The molecule has 1 amide bonds. The highest BCUT2D eigenvalue weighted by Crippen LogP contribution is 2.22. The van der Waals surface area contributed by atoms with Crippen LogP contribution in [0.4, 0.5) is 0 Å². The normalized spacial score (nSPS) is 21.9. The Kier molecular flexibility index (Phi) is 4.68. The van der Waals surface area contributed by atoms with Gasteiger partial charge in [-0.15, -0.1) is 0 Å². The summed E-state index contributed by atoms with van der Waals surface area (Å²) in [6.45, 7) is 5.97. The van der Waals surface area contributed by atoms with Gasteiger partial charge in [0.2, 0.25) is 5.91 Å². The highest BCUT2D eigenvalue weighted by molar-refractivity contribution is 8.23. The van der Waals surface area contributed by atoms with Gasteiger partial charge < -0.3 is 9.80 Å². The third-order valence-corrected chi connectivity index (χ3v) is 4.97. The van der Waals surface area contributed by atoms with E-state index in [1.165, 1.54) is 12.8 Å². The Labute approximate surface area is 113 Å². The molecule has 2 saturated heterocycles. The van der Waals surface area contributed by atoms with Crippen LogP contribution in [0.1, 0.15) is 32.6 Å². The zero-order chi connectivity index (χ0) is 12.3. The lowest BCUT2D eigenvalue weighted by Crippen LogP contribution is -2.36. The Balaban J connectivity index is 1.80. The predicted octanol–water partition coefficient (Wildman–Crippen LogP) is 2.11. The Morgan fingerprint density at radius 1 is 1.06 bits per heavy atom. The molecule has 2 aliphatic rings. The minimum Gasteiger partial charge on any atom is -0.358 e. The van der Waals surface area contributed by atoms with Crippen LogP contribution in [0.3, 0.4) is 0 Å². The molecule has 0 aromatic heterocycles. The third-order valence-electron chi connectivity index (χ3n) is 3.41. The van der Waals surface area contributed by atoms with Gasteiger partial charge in [-0.05, 0) is 32.6 Å². The van der Waals surface area contributed by atoms with E-state index in [2.05, 4.69) is 4.90 Å². The van der Waals surface area contributed by atoms with Gasteiger partial charge in [0.15, 0.2) is 0 Å². The number of nitrogens with zero attached hydrogens (tertiary/aromatic N) is 2. The summed E-state index contributed by atoms with van der Waals surface area (Å²) in [5.74, 6) is 0.258. The van der Waals surface area contributed by atoms with Crippen LogP contribution in [0.5, 0.6) is 0 Å². The molecule has 0 radical (unpaired) electrons. The van der Waals surface area contributed by atoms with Crippen molar-refractivity contribution in [1.82, 2.24) is 9.80 Å². The molecule has 96 valence electrons. The number of hydrogen-bond acceptors (Lipinski definition) is 3. The van der Waals surface area contributed by atoms with Crippen LogP contribution >= 0.6 is 24.0 Å². The van der Waals surface area contributed by atoms with Crippen LogP contribution in [0.25, 0.3) is 0 Å². The molecule has 1 unspecified atom stereocenters. The minimum absolute atomic E-state index is 0.0267. The fourth-order valence-electron chi connectivity index (χ4n) is 2.37. The maximum Gasteiger partial charge on any atom is 0.235 e. The summed E-state index contributed by atoms with van der Waals surface area (Å²) in [6.07, 6.45) is 4.77. The SMILES string of the molecule is CC(SC(=S)N1CCCC1)C(=O)N1CCCC1. The van der Waals surface area contributed by atoms with Crippen molar-refractivity contribution in [2.45, 2.75) is 37.9 Å². The lowest BCUT2D eigenvalue weighted by Gasteiger charge is -2.23. The van der Waals surface area contributed by atoms with E-state index < -0.39 is 0 Å². The van der Waals surface area contributed by atoms with Gasteiger partial charge in [-0.1, -0.05) is 24.0 Å². The fourth-order valence-corrected chi connectivity index (χ4v) is 3.87. The molecule has 2 aliphatic heterocycles. The van der Waals surface area contributed by atoms with E-state index in [0.29, 0.717) is 0 Å². The number of carbonyl (C=O) groups excluding carboxylic acids is 1. The number of thioether (sulfide) groups is 1. The van der Waals surface area contributed by atoms with E-state index in [4.69, 9.17) is 12.2 Å². The average molecular weight is 272 g/mol. The second-order valence-corrected chi connectivity index (χ2v) is 6.73. The molecule has 2 fully saturated rings. The molecule has 1 atom stereocenters. The largest absolute Gasteiger partial charge is 0.358 e. The maximum atomic E-state index is 12.1.